The van der Waals surface area contributed by atoms with E-state index in [4.69, 9.17) is 0 Å². The lowest BCUT2D eigenvalue weighted by Gasteiger charge is -2.22. The van der Waals surface area contributed by atoms with Gasteiger partial charge in [0.05, 0.1) is 0 Å². The topological polar surface area (TPSA) is 0 Å². The van der Waals surface area contributed by atoms with Gasteiger partial charge in [-0.05, 0) is 35.5 Å². The van der Waals surface area contributed by atoms with Gasteiger partial charge in [-0.2, -0.15) is 0 Å². The molecule has 0 aliphatic heterocycles. The predicted octanol–water partition coefficient (Wildman–Crippen LogP) is 5.10. The van der Waals surface area contributed by atoms with Gasteiger partial charge < -0.3 is 0 Å². The molecule has 0 aliphatic carbocycles. The van der Waals surface area contributed by atoms with Gasteiger partial charge in [-0.25, -0.2) is 0 Å². The minimum absolute atomic E-state index is 0.549. The number of alkyl halides is 1. The van der Waals surface area contributed by atoms with Crippen molar-refractivity contribution in [2.45, 2.75) is 5.33 Å². The molecule has 0 aliphatic rings. The van der Waals surface area contributed by atoms with Crippen LogP contribution in [0.5, 0.6) is 0 Å². The van der Waals surface area contributed by atoms with E-state index in [0.717, 1.165) is 5.33 Å². The smallest absolute Gasteiger partial charge is 0.0300 e. The van der Waals surface area contributed by atoms with Gasteiger partial charge in [0.25, 0.3) is 0 Å². The summed E-state index contributed by atoms with van der Waals surface area (Å²) in [6.45, 7) is 0. The van der Waals surface area contributed by atoms with E-state index in [1.54, 1.807) is 0 Å². The Labute approximate surface area is 149 Å². The molecule has 0 nitrogen and oxygen atoms in total. The average molecular weight is 434 g/mol. The second-order valence-electron chi connectivity index (χ2n) is 4.88. The SMILES string of the molecule is BrCc1c(Br)cccc1P(c1ccccc1)c1ccccc1. The van der Waals surface area contributed by atoms with Gasteiger partial charge in [-0.15, -0.1) is 0 Å². The molecule has 0 spiro atoms. The third-order valence-corrected chi connectivity index (χ3v) is 7.33. The predicted molar refractivity (Wildman–Crippen MR) is 105 cm³/mol. The molecule has 3 aromatic rings. The van der Waals surface area contributed by atoms with Gasteiger partial charge >= 0.3 is 0 Å². The van der Waals surface area contributed by atoms with Gasteiger partial charge in [0.1, 0.15) is 0 Å². The maximum absolute atomic E-state index is 3.70. The van der Waals surface area contributed by atoms with Crippen LogP contribution >= 0.6 is 39.8 Å². The normalized spacial score (nSPS) is 10.9. The fraction of sp³-hybridized carbons (Fsp3) is 0.0526. The molecule has 22 heavy (non-hydrogen) atoms. The molecular weight excluding hydrogens is 419 g/mol. The van der Waals surface area contributed by atoms with Crippen LogP contribution in [-0.2, 0) is 5.33 Å². The quantitative estimate of drug-likeness (QED) is 0.396. The Balaban J connectivity index is 2.21. The van der Waals surface area contributed by atoms with Crippen molar-refractivity contribution in [3.8, 4) is 0 Å². The van der Waals surface area contributed by atoms with E-state index in [-0.39, 0.29) is 0 Å². The molecule has 0 aromatic heterocycles. The monoisotopic (exact) mass is 432 g/mol. The fourth-order valence-corrected chi connectivity index (χ4v) is 6.83. The summed E-state index contributed by atoms with van der Waals surface area (Å²) in [6.07, 6.45) is 0. The molecule has 110 valence electrons. The van der Waals surface area contributed by atoms with E-state index in [1.165, 1.54) is 25.9 Å². The molecule has 0 heterocycles. The van der Waals surface area contributed by atoms with Gasteiger partial charge in [0.2, 0.25) is 0 Å². The van der Waals surface area contributed by atoms with Crippen molar-refractivity contribution in [3.05, 3.63) is 88.9 Å². The molecule has 0 saturated carbocycles. The molecule has 0 saturated heterocycles. The first-order valence-electron chi connectivity index (χ1n) is 7.05. The zero-order chi connectivity index (χ0) is 15.4. The fourth-order valence-electron chi connectivity index (χ4n) is 2.47. The van der Waals surface area contributed by atoms with Crippen molar-refractivity contribution in [3.63, 3.8) is 0 Å². The average Bonchev–Trinajstić information content (AvgIpc) is 2.57. The van der Waals surface area contributed by atoms with Crippen molar-refractivity contribution in [2.75, 3.05) is 0 Å². The summed E-state index contributed by atoms with van der Waals surface area (Å²) in [7, 11) is -0.549. The van der Waals surface area contributed by atoms with Crippen molar-refractivity contribution in [1.29, 1.82) is 0 Å². The van der Waals surface area contributed by atoms with Gasteiger partial charge in [0, 0.05) is 9.80 Å². The van der Waals surface area contributed by atoms with E-state index < -0.39 is 7.92 Å². The second kappa shape index (κ2) is 7.55. The summed E-state index contributed by atoms with van der Waals surface area (Å²) in [4.78, 5) is 0. The first-order valence-corrected chi connectivity index (χ1v) is 10.3. The van der Waals surface area contributed by atoms with Crippen LogP contribution in [0.4, 0.5) is 0 Å². The summed E-state index contributed by atoms with van der Waals surface area (Å²) in [6, 6.07) is 28.1. The van der Waals surface area contributed by atoms with Crippen LogP contribution in [0, 0.1) is 0 Å². The lowest BCUT2D eigenvalue weighted by molar-refractivity contribution is 1.44. The Morgan fingerprint density at radius 3 is 1.73 bits per heavy atom. The molecule has 0 amide bonds. The molecule has 0 bridgehead atoms. The number of rotatable bonds is 4. The first kappa shape index (κ1) is 15.9. The third kappa shape index (κ3) is 3.35. The zero-order valence-electron chi connectivity index (χ0n) is 11.9. The number of hydrogen-bond acceptors (Lipinski definition) is 0. The van der Waals surface area contributed by atoms with E-state index in [0.29, 0.717) is 0 Å². The Kier molecular flexibility index (Phi) is 5.46. The molecule has 3 heteroatoms. The molecule has 0 fully saturated rings. The van der Waals surface area contributed by atoms with Crippen LogP contribution in [-0.4, -0.2) is 0 Å². The molecular formula is C19H15Br2P. The van der Waals surface area contributed by atoms with Crippen LogP contribution in [0.25, 0.3) is 0 Å². The van der Waals surface area contributed by atoms with Crippen molar-refractivity contribution < 1.29 is 0 Å². The minimum Gasteiger partial charge on any atom is -0.0876 e. The number of benzene rings is 3. The van der Waals surface area contributed by atoms with Crippen LogP contribution in [0.3, 0.4) is 0 Å². The summed E-state index contributed by atoms with van der Waals surface area (Å²) in [5.41, 5.74) is 1.33. The summed E-state index contributed by atoms with van der Waals surface area (Å²) in [5.74, 6) is 0. The van der Waals surface area contributed by atoms with Gasteiger partial charge in [0.15, 0.2) is 0 Å². The molecule has 3 aromatic carbocycles. The minimum atomic E-state index is -0.549. The first-order chi connectivity index (χ1) is 10.8. The molecule has 0 radical (unpaired) electrons. The second-order valence-corrected chi connectivity index (χ2v) is 8.48. The van der Waals surface area contributed by atoms with Crippen LogP contribution in [0.1, 0.15) is 5.56 Å². The highest BCUT2D eigenvalue weighted by Gasteiger charge is 2.19. The molecule has 0 N–H and O–H groups in total. The molecule has 3 rings (SSSR count). The van der Waals surface area contributed by atoms with Gasteiger partial charge in [-0.1, -0.05) is 105 Å². The maximum atomic E-state index is 3.70. The van der Waals surface area contributed by atoms with Crippen molar-refractivity contribution in [1.82, 2.24) is 0 Å². The Morgan fingerprint density at radius 2 is 1.23 bits per heavy atom. The third-order valence-electron chi connectivity index (χ3n) is 3.50. The highest BCUT2D eigenvalue weighted by atomic mass is 79.9. The van der Waals surface area contributed by atoms with E-state index in [9.17, 15) is 0 Å². The lowest BCUT2D eigenvalue weighted by atomic mass is 10.2. The van der Waals surface area contributed by atoms with Crippen molar-refractivity contribution in [2.24, 2.45) is 0 Å². The van der Waals surface area contributed by atoms with Gasteiger partial charge in [-0.3, -0.25) is 0 Å². The number of hydrogen-bond donors (Lipinski definition) is 0. The lowest BCUT2D eigenvalue weighted by Crippen LogP contribution is -2.23. The summed E-state index contributed by atoms with van der Waals surface area (Å²) < 4.78 is 1.17. The standard InChI is InChI=1S/C19H15Br2P/c20-14-17-18(21)12-7-13-19(17)22(15-8-3-1-4-9-15)16-10-5-2-6-11-16/h1-13H,14H2. The Hall–Kier alpha value is -0.950. The molecule has 0 atom stereocenters. The highest BCUT2D eigenvalue weighted by molar-refractivity contribution is 9.10. The summed E-state index contributed by atoms with van der Waals surface area (Å²) >= 11 is 7.35. The van der Waals surface area contributed by atoms with E-state index >= 15 is 0 Å². The molecule has 0 unspecified atom stereocenters. The maximum Gasteiger partial charge on any atom is 0.0300 e. The number of halogens is 2. The Bertz CT molecular complexity index is 702. The van der Waals surface area contributed by atoms with Crippen LogP contribution in [0.15, 0.2) is 83.3 Å². The van der Waals surface area contributed by atoms with E-state index in [2.05, 4.69) is 111 Å². The highest BCUT2D eigenvalue weighted by Crippen LogP contribution is 2.36. The van der Waals surface area contributed by atoms with Crippen molar-refractivity contribution >= 4 is 55.7 Å². The summed E-state index contributed by atoms with van der Waals surface area (Å²) in [5, 5.41) is 5.01. The largest absolute Gasteiger partial charge is 0.0876 e. The Morgan fingerprint density at radius 1 is 0.682 bits per heavy atom. The van der Waals surface area contributed by atoms with Crippen LogP contribution in [0.2, 0.25) is 0 Å². The van der Waals surface area contributed by atoms with Crippen LogP contribution < -0.4 is 15.9 Å². The van der Waals surface area contributed by atoms with E-state index in [1.807, 2.05) is 0 Å². The zero-order valence-corrected chi connectivity index (χ0v) is 16.0.